The molecule has 5 nitrogen and oxygen atoms in total. The summed E-state index contributed by atoms with van der Waals surface area (Å²) in [6, 6.07) is 24.2. The SMILES string of the molecule is COCC(=O)N(Cc1cccc(-c2ccccc2)c1)Cc1cccc2c1OCO2. The van der Waals surface area contributed by atoms with Crippen molar-refractivity contribution < 1.29 is 19.0 Å². The third-order valence-corrected chi connectivity index (χ3v) is 4.87. The molecule has 0 saturated carbocycles. The Balaban J connectivity index is 1.59. The van der Waals surface area contributed by atoms with E-state index in [2.05, 4.69) is 24.3 Å². The highest BCUT2D eigenvalue weighted by Crippen LogP contribution is 2.36. The number of benzene rings is 3. The van der Waals surface area contributed by atoms with Crippen molar-refractivity contribution in [2.24, 2.45) is 0 Å². The lowest BCUT2D eigenvalue weighted by Crippen LogP contribution is -2.33. The fourth-order valence-corrected chi connectivity index (χ4v) is 3.47. The Morgan fingerprint density at radius 1 is 0.931 bits per heavy atom. The third kappa shape index (κ3) is 4.41. The van der Waals surface area contributed by atoms with Gasteiger partial charge in [-0.3, -0.25) is 4.79 Å². The van der Waals surface area contributed by atoms with Gasteiger partial charge in [-0.1, -0.05) is 60.7 Å². The van der Waals surface area contributed by atoms with Crippen LogP contribution in [-0.4, -0.2) is 31.3 Å². The Bertz CT molecular complexity index is 987. The van der Waals surface area contributed by atoms with Crippen LogP contribution in [0.1, 0.15) is 11.1 Å². The van der Waals surface area contributed by atoms with Gasteiger partial charge >= 0.3 is 0 Å². The normalized spacial score (nSPS) is 12.0. The lowest BCUT2D eigenvalue weighted by molar-refractivity contribution is -0.136. The zero-order valence-electron chi connectivity index (χ0n) is 16.3. The van der Waals surface area contributed by atoms with Crippen molar-refractivity contribution in [3.05, 3.63) is 83.9 Å². The van der Waals surface area contributed by atoms with E-state index in [0.29, 0.717) is 24.6 Å². The lowest BCUT2D eigenvalue weighted by Gasteiger charge is -2.23. The van der Waals surface area contributed by atoms with Gasteiger partial charge in [0.05, 0.1) is 0 Å². The summed E-state index contributed by atoms with van der Waals surface area (Å²) in [6.45, 7) is 1.14. The Hall–Kier alpha value is -3.31. The molecule has 1 amide bonds. The fourth-order valence-electron chi connectivity index (χ4n) is 3.47. The summed E-state index contributed by atoms with van der Waals surface area (Å²) in [6.07, 6.45) is 0. The van der Waals surface area contributed by atoms with Gasteiger partial charge in [0, 0.05) is 25.8 Å². The molecule has 0 spiro atoms. The first kappa shape index (κ1) is 19.0. The summed E-state index contributed by atoms with van der Waals surface area (Å²) >= 11 is 0. The van der Waals surface area contributed by atoms with E-state index < -0.39 is 0 Å². The highest BCUT2D eigenvalue weighted by molar-refractivity contribution is 5.77. The zero-order valence-corrected chi connectivity index (χ0v) is 16.3. The summed E-state index contributed by atoms with van der Waals surface area (Å²) in [5.41, 5.74) is 4.25. The van der Waals surface area contributed by atoms with Gasteiger partial charge in [-0.05, 0) is 28.8 Å². The van der Waals surface area contributed by atoms with Crippen molar-refractivity contribution in [3.63, 3.8) is 0 Å². The molecule has 1 heterocycles. The van der Waals surface area contributed by atoms with Gasteiger partial charge in [0.25, 0.3) is 0 Å². The van der Waals surface area contributed by atoms with Crippen LogP contribution in [0, 0.1) is 0 Å². The molecule has 0 aromatic heterocycles. The summed E-state index contributed by atoms with van der Waals surface area (Å²) < 4.78 is 16.2. The highest BCUT2D eigenvalue weighted by Gasteiger charge is 2.21. The van der Waals surface area contributed by atoms with E-state index in [4.69, 9.17) is 14.2 Å². The highest BCUT2D eigenvalue weighted by atomic mass is 16.7. The van der Waals surface area contributed by atoms with E-state index in [-0.39, 0.29) is 19.3 Å². The van der Waals surface area contributed by atoms with Crippen LogP contribution >= 0.6 is 0 Å². The van der Waals surface area contributed by atoms with Gasteiger partial charge in [0.1, 0.15) is 6.61 Å². The smallest absolute Gasteiger partial charge is 0.249 e. The zero-order chi connectivity index (χ0) is 20.1. The minimum Gasteiger partial charge on any atom is -0.454 e. The van der Waals surface area contributed by atoms with Crippen molar-refractivity contribution in [3.8, 4) is 22.6 Å². The van der Waals surface area contributed by atoms with Crippen molar-refractivity contribution >= 4 is 5.91 Å². The quantitative estimate of drug-likeness (QED) is 0.606. The number of amides is 1. The summed E-state index contributed by atoms with van der Waals surface area (Å²) in [4.78, 5) is 14.5. The molecular formula is C24H23NO4. The molecule has 4 rings (SSSR count). The summed E-state index contributed by atoms with van der Waals surface area (Å²) in [5.74, 6) is 1.35. The number of nitrogens with zero attached hydrogens (tertiary/aromatic N) is 1. The van der Waals surface area contributed by atoms with Crippen LogP contribution in [0.5, 0.6) is 11.5 Å². The second-order valence-corrected chi connectivity index (χ2v) is 6.90. The number of ether oxygens (including phenoxy) is 3. The molecule has 0 N–H and O–H groups in total. The summed E-state index contributed by atoms with van der Waals surface area (Å²) in [5, 5.41) is 0. The molecule has 0 atom stereocenters. The molecule has 5 heteroatoms. The number of rotatable bonds is 7. The van der Waals surface area contributed by atoms with Crippen molar-refractivity contribution in [2.45, 2.75) is 13.1 Å². The lowest BCUT2D eigenvalue weighted by atomic mass is 10.0. The van der Waals surface area contributed by atoms with Crippen LogP contribution in [0.2, 0.25) is 0 Å². The number of carbonyl (C=O) groups excluding carboxylic acids is 1. The van der Waals surface area contributed by atoms with Gasteiger partial charge in [-0.2, -0.15) is 0 Å². The minimum absolute atomic E-state index is 0.0325. The van der Waals surface area contributed by atoms with Crippen LogP contribution < -0.4 is 9.47 Å². The van der Waals surface area contributed by atoms with Crippen LogP contribution in [0.3, 0.4) is 0 Å². The molecule has 0 fully saturated rings. The molecule has 29 heavy (non-hydrogen) atoms. The Kier molecular flexibility index (Phi) is 5.77. The molecule has 0 unspecified atom stereocenters. The van der Waals surface area contributed by atoms with Crippen LogP contribution in [0.25, 0.3) is 11.1 Å². The van der Waals surface area contributed by atoms with Gasteiger partial charge < -0.3 is 19.1 Å². The number of fused-ring (bicyclic) bond motifs is 1. The Labute approximate surface area is 170 Å². The first-order valence-electron chi connectivity index (χ1n) is 9.53. The molecular weight excluding hydrogens is 366 g/mol. The van der Waals surface area contributed by atoms with Crippen LogP contribution in [-0.2, 0) is 22.6 Å². The maximum absolute atomic E-state index is 12.7. The maximum Gasteiger partial charge on any atom is 0.249 e. The molecule has 1 aliphatic heterocycles. The molecule has 3 aromatic carbocycles. The van der Waals surface area contributed by atoms with E-state index in [1.54, 1.807) is 4.90 Å². The van der Waals surface area contributed by atoms with Crippen molar-refractivity contribution in [1.29, 1.82) is 0 Å². The first-order chi connectivity index (χ1) is 14.2. The van der Waals surface area contributed by atoms with Gasteiger partial charge in [0.15, 0.2) is 11.5 Å². The van der Waals surface area contributed by atoms with Gasteiger partial charge in [-0.15, -0.1) is 0 Å². The maximum atomic E-state index is 12.7. The largest absolute Gasteiger partial charge is 0.454 e. The van der Waals surface area contributed by atoms with E-state index in [0.717, 1.165) is 22.3 Å². The Morgan fingerprint density at radius 2 is 1.72 bits per heavy atom. The second-order valence-electron chi connectivity index (χ2n) is 6.90. The minimum atomic E-state index is -0.0749. The van der Waals surface area contributed by atoms with Crippen molar-refractivity contribution in [2.75, 3.05) is 20.5 Å². The topological polar surface area (TPSA) is 48.0 Å². The molecule has 0 radical (unpaired) electrons. The molecule has 0 aliphatic carbocycles. The van der Waals surface area contributed by atoms with Gasteiger partial charge in [0.2, 0.25) is 12.7 Å². The number of para-hydroxylation sites is 1. The van der Waals surface area contributed by atoms with E-state index in [1.165, 1.54) is 7.11 Å². The number of hydrogen-bond acceptors (Lipinski definition) is 4. The molecule has 1 aliphatic rings. The third-order valence-electron chi connectivity index (χ3n) is 4.87. The predicted octanol–water partition coefficient (Wildman–Crippen LogP) is 4.26. The summed E-state index contributed by atoms with van der Waals surface area (Å²) in [7, 11) is 1.53. The standard InChI is InChI=1S/C24H23NO4/c1-27-16-23(26)25(15-21-11-6-12-22-24(21)29-17-28-22)14-18-7-5-10-20(13-18)19-8-3-2-4-9-19/h2-13H,14-17H2,1H3. The average molecular weight is 389 g/mol. The predicted molar refractivity (Wildman–Crippen MR) is 111 cm³/mol. The van der Waals surface area contributed by atoms with Gasteiger partial charge in [-0.25, -0.2) is 0 Å². The molecule has 0 bridgehead atoms. The Morgan fingerprint density at radius 3 is 2.55 bits per heavy atom. The number of carbonyl (C=O) groups is 1. The van der Waals surface area contributed by atoms with E-state index in [9.17, 15) is 4.79 Å². The second kappa shape index (κ2) is 8.80. The number of methoxy groups -OCH3 is 1. The van der Waals surface area contributed by atoms with E-state index in [1.807, 2.05) is 48.5 Å². The molecule has 0 saturated heterocycles. The van der Waals surface area contributed by atoms with E-state index >= 15 is 0 Å². The van der Waals surface area contributed by atoms with Crippen molar-refractivity contribution in [1.82, 2.24) is 4.90 Å². The number of hydrogen-bond donors (Lipinski definition) is 0. The molecule has 148 valence electrons. The van der Waals surface area contributed by atoms with Crippen LogP contribution in [0.4, 0.5) is 0 Å². The van der Waals surface area contributed by atoms with Crippen LogP contribution in [0.15, 0.2) is 72.8 Å². The first-order valence-corrected chi connectivity index (χ1v) is 9.53. The monoisotopic (exact) mass is 389 g/mol. The average Bonchev–Trinajstić information content (AvgIpc) is 3.24. The molecule has 3 aromatic rings. The fraction of sp³-hybridized carbons (Fsp3) is 0.208.